The van der Waals surface area contributed by atoms with Gasteiger partial charge in [-0.1, -0.05) is 32.0 Å². The molecule has 158 valence electrons. The van der Waals surface area contributed by atoms with Crippen LogP contribution in [0.3, 0.4) is 0 Å². The van der Waals surface area contributed by atoms with Gasteiger partial charge in [-0.25, -0.2) is 4.98 Å². The Labute approximate surface area is 181 Å². The van der Waals surface area contributed by atoms with Crippen LogP contribution in [0.1, 0.15) is 49.7 Å². The van der Waals surface area contributed by atoms with Gasteiger partial charge in [-0.3, -0.25) is 4.79 Å². The maximum atomic E-state index is 12.7. The summed E-state index contributed by atoms with van der Waals surface area (Å²) in [5.74, 6) is 1.88. The summed E-state index contributed by atoms with van der Waals surface area (Å²) in [5, 5.41) is 4.31. The van der Waals surface area contributed by atoms with E-state index < -0.39 is 0 Å². The van der Waals surface area contributed by atoms with Crippen LogP contribution in [0.15, 0.2) is 42.5 Å². The lowest BCUT2D eigenvalue weighted by atomic mass is 9.95. The van der Waals surface area contributed by atoms with E-state index in [1.165, 1.54) is 4.70 Å². The van der Waals surface area contributed by atoms with E-state index in [4.69, 9.17) is 9.47 Å². The fourth-order valence-electron chi connectivity index (χ4n) is 3.68. The van der Waals surface area contributed by atoms with Crippen LogP contribution in [0, 0.1) is 5.92 Å². The number of thiazole rings is 1. The monoisotopic (exact) mass is 424 g/mol. The number of amides is 1. The SMILES string of the molecule is CC(C)C(NC(=O)CCCc1nc2ccccc2s1)c1ccc2c(c1)OCCCO2. The van der Waals surface area contributed by atoms with Crippen molar-refractivity contribution in [2.24, 2.45) is 5.92 Å². The molecule has 1 amide bonds. The Balaban J connectivity index is 1.35. The first-order chi connectivity index (χ1) is 14.6. The van der Waals surface area contributed by atoms with E-state index in [1.807, 2.05) is 36.4 Å². The predicted molar refractivity (Wildman–Crippen MR) is 120 cm³/mol. The van der Waals surface area contributed by atoms with E-state index in [0.717, 1.165) is 46.8 Å². The fraction of sp³-hybridized carbons (Fsp3) is 0.417. The number of carbonyl (C=O) groups excluding carboxylic acids is 1. The minimum absolute atomic E-state index is 0.0582. The molecule has 3 aromatic rings. The highest BCUT2D eigenvalue weighted by atomic mass is 32.1. The number of ether oxygens (including phenoxy) is 2. The lowest BCUT2D eigenvalue weighted by molar-refractivity contribution is -0.122. The summed E-state index contributed by atoms with van der Waals surface area (Å²) in [4.78, 5) is 17.3. The maximum absolute atomic E-state index is 12.7. The summed E-state index contributed by atoms with van der Waals surface area (Å²) in [6.45, 7) is 5.57. The lowest BCUT2D eigenvalue weighted by Crippen LogP contribution is -2.31. The number of benzene rings is 2. The number of carbonyl (C=O) groups is 1. The Kier molecular flexibility index (Phi) is 6.53. The number of hydrogen-bond acceptors (Lipinski definition) is 5. The van der Waals surface area contributed by atoms with Crippen molar-refractivity contribution in [1.82, 2.24) is 10.3 Å². The topological polar surface area (TPSA) is 60.5 Å². The Morgan fingerprint density at radius 1 is 1.13 bits per heavy atom. The first kappa shape index (κ1) is 20.7. The number of nitrogens with one attached hydrogen (secondary N) is 1. The van der Waals surface area contributed by atoms with Gasteiger partial charge in [0.2, 0.25) is 5.91 Å². The predicted octanol–water partition coefficient (Wildman–Crippen LogP) is 5.29. The normalized spacial score (nSPS) is 14.5. The maximum Gasteiger partial charge on any atom is 0.220 e. The second-order valence-electron chi connectivity index (χ2n) is 7.97. The summed E-state index contributed by atoms with van der Waals surface area (Å²) < 4.78 is 12.7. The number of aromatic nitrogens is 1. The lowest BCUT2D eigenvalue weighted by Gasteiger charge is -2.24. The van der Waals surface area contributed by atoms with E-state index in [0.29, 0.717) is 19.6 Å². The molecule has 1 aliphatic heterocycles. The van der Waals surface area contributed by atoms with Crippen molar-refractivity contribution < 1.29 is 14.3 Å². The molecule has 0 bridgehead atoms. The standard InChI is InChI=1S/C24H28N2O3S/c1-16(2)24(17-11-12-19-20(15-17)29-14-6-13-28-19)26-22(27)9-5-10-23-25-18-7-3-4-8-21(18)30-23/h3-4,7-8,11-12,15-16,24H,5-6,9-10,13-14H2,1-2H3,(H,26,27). The summed E-state index contributed by atoms with van der Waals surface area (Å²) in [6.07, 6.45) is 2.98. The molecule has 0 fully saturated rings. The second kappa shape index (κ2) is 9.47. The van der Waals surface area contributed by atoms with Crippen molar-refractivity contribution in [2.45, 2.75) is 45.6 Å². The fourth-order valence-corrected chi connectivity index (χ4v) is 4.69. The Morgan fingerprint density at radius 2 is 1.93 bits per heavy atom. The van der Waals surface area contributed by atoms with Gasteiger partial charge in [0.25, 0.3) is 0 Å². The highest BCUT2D eigenvalue weighted by Crippen LogP contribution is 2.34. The smallest absolute Gasteiger partial charge is 0.220 e. The van der Waals surface area contributed by atoms with E-state index in [1.54, 1.807) is 11.3 Å². The molecule has 4 rings (SSSR count). The van der Waals surface area contributed by atoms with E-state index in [9.17, 15) is 4.79 Å². The van der Waals surface area contributed by atoms with Crippen molar-refractivity contribution in [3.05, 3.63) is 53.0 Å². The third-order valence-electron chi connectivity index (χ3n) is 5.25. The molecular weight excluding hydrogens is 396 g/mol. The molecule has 2 heterocycles. The zero-order valence-electron chi connectivity index (χ0n) is 17.5. The average Bonchev–Trinajstić information content (AvgIpc) is 3.00. The molecule has 0 saturated carbocycles. The highest BCUT2D eigenvalue weighted by Gasteiger charge is 2.21. The molecule has 0 spiro atoms. The first-order valence-electron chi connectivity index (χ1n) is 10.6. The van der Waals surface area contributed by atoms with Gasteiger partial charge in [0.1, 0.15) is 0 Å². The van der Waals surface area contributed by atoms with Crippen LogP contribution in [-0.2, 0) is 11.2 Å². The number of fused-ring (bicyclic) bond motifs is 2. The minimum Gasteiger partial charge on any atom is -0.490 e. The van der Waals surface area contributed by atoms with E-state index in [2.05, 4.69) is 30.2 Å². The zero-order chi connectivity index (χ0) is 20.9. The van der Waals surface area contributed by atoms with E-state index in [-0.39, 0.29) is 17.9 Å². The Hall–Kier alpha value is -2.60. The van der Waals surface area contributed by atoms with Crippen molar-refractivity contribution in [3.63, 3.8) is 0 Å². The van der Waals surface area contributed by atoms with Gasteiger partial charge in [-0.15, -0.1) is 11.3 Å². The van der Waals surface area contributed by atoms with Crippen LogP contribution < -0.4 is 14.8 Å². The van der Waals surface area contributed by atoms with Gasteiger partial charge in [0.15, 0.2) is 11.5 Å². The summed E-state index contributed by atoms with van der Waals surface area (Å²) in [7, 11) is 0. The molecule has 1 aromatic heterocycles. The van der Waals surface area contributed by atoms with Gasteiger partial charge < -0.3 is 14.8 Å². The van der Waals surface area contributed by atoms with Gasteiger partial charge in [0.05, 0.1) is 34.5 Å². The molecule has 2 aromatic carbocycles. The van der Waals surface area contributed by atoms with Crippen molar-refractivity contribution >= 4 is 27.5 Å². The second-order valence-corrected chi connectivity index (χ2v) is 9.09. The quantitative estimate of drug-likeness (QED) is 0.560. The molecule has 30 heavy (non-hydrogen) atoms. The average molecular weight is 425 g/mol. The molecule has 1 atom stereocenters. The number of rotatable bonds is 7. The largest absolute Gasteiger partial charge is 0.490 e. The van der Waals surface area contributed by atoms with Gasteiger partial charge in [-0.2, -0.15) is 0 Å². The Morgan fingerprint density at radius 3 is 2.73 bits per heavy atom. The number of para-hydroxylation sites is 1. The van der Waals surface area contributed by atoms with Crippen LogP contribution in [0.25, 0.3) is 10.2 Å². The summed E-state index contributed by atoms with van der Waals surface area (Å²) >= 11 is 1.71. The van der Waals surface area contributed by atoms with Crippen molar-refractivity contribution in [1.29, 1.82) is 0 Å². The van der Waals surface area contributed by atoms with Crippen molar-refractivity contribution in [2.75, 3.05) is 13.2 Å². The van der Waals surface area contributed by atoms with Crippen LogP contribution in [-0.4, -0.2) is 24.1 Å². The third kappa shape index (κ3) is 4.93. The van der Waals surface area contributed by atoms with Crippen molar-refractivity contribution in [3.8, 4) is 11.5 Å². The molecule has 0 aliphatic carbocycles. The van der Waals surface area contributed by atoms with E-state index >= 15 is 0 Å². The van der Waals surface area contributed by atoms with Crippen LogP contribution in [0.2, 0.25) is 0 Å². The number of aryl methyl sites for hydroxylation is 1. The number of nitrogens with zero attached hydrogens (tertiary/aromatic N) is 1. The first-order valence-corrected chi connectivity index (χ1v) is 11.4. The Bertz CT molecular complexity index is 982. The van der Waals surface area contributed by atoms with Crippen LogP contribution in [0.5, 0.6) is 11.5 Å². The molecule has 1 unspecified atom stereocenters. The molecule has 1 aliphatic rings. The molecule has 0 radical (unpaired) electrons. The van der Waals surface area contributed by atoms with Gasteiger partial charge in [0, 0.05) is 12.8 Å². The van der Waals surface area contributed by atoms with Gasteiger partial charge >= 0.3 is 0 Å². The number of hydrogen-bond donors (Lipinski definition) is 1. The molecule has 5 nitrogen and oxygen atoms in total. The molecular formula is C24H28N2O3S. The molecule has 6 heteroatoms. The third-order valence-corrected chi connectivity index (χ3v) is 6.34. The molecule has 0 saturated heterocycles. The highest BCUT2D eigenvalue weighted by molar-refractivity contribution is 7.18. The summed E-state index contributed by atoms with van der Waals surface area (Å²) in [6, 6.07) is 14.1. The van der Waals surface area contributed by atoms with Gasteiger partial charge in [-0.05, 0) is 48.6 Å². The van der Waals surface area contributed by atoms with Crippen LogP contribution >= 0.6 is 11.3 Å². The minimum atomic E-state index is -0.0582. The summed E-state index contributed by atoms with van der Waals surface area (Å²) in [5.41, 5.74) is 2.09. The zero-order valence-corrected chi connectivity index (χ0v) is 18.3. The van der Waals surface area contributed by atoms with Crippen LogP contribution in [0.4, 0.5) is 0 Å². The molecule has 1 N–H and O–H groups in total.